The van der Waals surface area contributed by atoms with E-state index in [4.69, 9.17) is 0 Å². The van der Waals surface area contributed by atoms with Crippen LogP contribution in [0.3, 0.4) is 0 Å². The van der Waals surface area contributed by atoms with Crippen molar-refractivity contribution in [2.45, 2.75) is 25.7 Å². The number of anilines is 2. The number of rotatable bonds is 4. The molecule has 2 N–H and O–H groups in total. The second-order valence-electron chi connectivity index (χ2n) is 6.17. The average Bonchev–Trinajstić information content (AvgIpc) is 3.35. The summed E-state index contributed by atoms with van der Waals surface area (Å²) in [5, 5.41) is 9.82. The highest BCUT2D eigenvalue weighted by molar-refractivity contribution is 6.03. The van der Waals surface area contributed by atoms with Gasteiger partial charge in [0.05, 0.1) is 11.9 Å². The van der Waals surface area contributed by atoms with Crippen LogP contribution in [0.25, 0.3) is 5.65 Å². The molecule has 1 fully saturated rings. The van der Waals surface area contributed by atoms with Gasteiger partial charge in [-0.15, -0.1) is 0 Å². The number of hydrogen-bond donors (Lipinski definition) is 2. The summed E-state index contributed by atoms with van der Waals surface area (Å²) in [5.41, 5.74) is 3.41. The van der Waals surface area contributed by atoms with Crippen molar-refractivity contribution in [1.29, 1.82) is 0 Å². The summed E-state index contributed by atoms with van der Waals surface area (Å²) in [4.78, 5) is 27.9. The first-order valence-electron chi connectivity index (χ1n) is 8.14. The van der Waals surface area contributed by atoms with Gasteiger partial charge in [-0.2, -0.15) is 5.10 Å². The third kappa shape index (κ3) is 3.35. The molecule has 25 heavy (non-hydrogen) atoms. The summed E-state index contributed by atoms with van der Waals surface area (Å²) < 4.78 is 1.66. The van der Waals surface area contributed by atoms with Crippen molar-refractivity contribution < 1.29 is 9.59 Å². The maximum absolute atomic E-state index is 12.4. The molecule has 7 nitrogen and oxygen atoms in total. The monoisotopic (exact) mass is 335 g/mol. The van der Waals surface area contributed by atoms with Crippen LogP contribution in [0, 0.1) is 0 Å². The molecule has 4 rings (SSSR count). The summed E-state index contributed by atoms with van der Waals surface area (Å²) in [7, 11) is 0. The van der Waals surface area contributed by atoms with Crippen molar-refractivity contribution in [2.75, 3.05) is 10.6 Å². The third-order valence-electron chi connectivity index (χ3n) is 4.03. The predicted octanol–water partition coefficient (Wildman–Crippen LogP) is 2.82. The van der Waals surface area contributed by atoms with Crippen LogP contribution < -0.4 is 10.6 Å². The number of aromatic nitrogens is 3. The number of fused-ring (bicyclic) bond motifs is 1. The largest absolute Gasteiger partial charge is 0.326 e. The molecule has 0 spiro atoms. The highest BCUT2D eigenvalue weighted by Gasteiger charge is 2.26. The zero-order chi connectivity index (χ0) is 17.4. The first-order chi connectivity index (χ1) is 12.1. The standard InChI is InChI=1S/C18H17N5O2/c1-11(24)19-13-4-6-14(7-5-13)20-18(25)15-8-9-17-21-16(12-2-3-12)10-23(17)22-15/h4-10,12H,2-3H2,1H3,(H,19,24)(H,20,25). The first-order valence-corrected chi connectivity index (χ1v) is 8.14. The van der Waals surface area contributed by atoms with Crippen molar-refractivity contribution >= 4 is 28.8 Å². The number of amides is 2. The van der Waals surface area contributed by atoms with E-state index in [1.54, 1.807) is 40.9 Å². The summed E-state index contributed by atoms with van der Waals surface area (Å²) >= 11 is 0. The molecule has 0 saturated heterocycles. The van der Waals surface area contributed by atoms with Gasteiger partial charge in [0, 0.05) is 24.2 Å². The summed E-state index contributed by atoms with van der Waals surface area (Å²) in [6.45, 7) is 1.45. The molecule has 7 heteroatoms. The van der Waals surface area contributed by atoms with E-state index in [0.717, 1.165) is 11.3 Å². The van der Waals surface area contributed by atoms with Crippen LogP contribution in [-0.4, -0.2) is 26.4 Å². The van der Waals surface area contributed by atoms with Gasteiger partial charge in [0.1, 0.15) is 5.69 Å². The Labute approximate surface area is 144 Å². The number of imidazole rings is 1. The fourth-order valence-corrected chi connectivity index (χ4v) is 2.63. The van der Waals surface area contributed by atoms with Crippen LogP contribution in [0.4, 0.5) is 11.4 Å². The van der Waals surface area contributed by atoms with E-state index in [9.17, 15) is 9.59 Å². The zero-order valence-corrected chi connectivity index (χ0v) is 13.7. The second kappa shape index (κ2) is 6.01. The van der Waals surface area contributed by atoms with Crippen LogP contribution in [0.5, 0.6) is 0 Å². The number of benzene rings is 1. The Hall–Kier alpha value is -3.22. The van der Waals surface area contributed by atoms with Crippen LogP contribution >= 0.6 is 0 Å². The van der Waals surface area contributed by atoms with Gasteiger partial charge in [-0.05, 0) is 49.2 Å². The Kier molecular flexibility index (Phi) is 3.68. The molecular weight excluding hydrogens is 318 g/mol. The van der Waals surface area contributed by atoms with Gasteiger partial charge in [-0.1, -0.05) is 0 Å². The van der Waals surface area contributed by atoms with Gasteiger partial charge in [-0.25, -0.2) is 9.50 Å². The van der Waals surface area contributed by atoms with Gasteiger partial charge in [-0.3, -0.25) is 9.59 Å². The summed E-state index contributed by atoms with van der Waals surface area (Å²) in [6, 6.07) is 10.4. The van der Waals surface area contributed by atoms with E-state index in [1.165, 1.54) is 19.8 Å². The smallest absolute Gasteiger partial charge is 0.276 e. The van der Waals surface area contributed by atoms with E-state index in [0.29, 0.717) is 23.0 Å². The molecular formula is C18H17N5O2. The Balaban J connectivity index is 1.50. The minimum atomic E-state index is -0.296. The lowest BCUT2D eigenvalue weighted by atomic mass is 10.2. The van der Waals surface area contributed by atoms with Gasteiger partial charge >= 0.3 is 0 Å². The van der Waals surface area contributed by atoms with Crippen LogP contribution in [0.1, 0.15) is 41.9 Å². The number of nitrogens with zero attached hydrogens (tertiary/aromatic N) is 3. The lowest BCUT2D eigenvalue weighted by Crippen LogP contribution is -2.15. The molecule has 2 amide bonds. The van der Waals surface area contributed by atoms with Crippen molar-refractivity contribution in [3.63, 3.8) is 0 Å². The molecule has 0 aliphatic heterocycles. The summed E-state index contributed by atoms with van der Waals surface area (Å²) in [6.07, 6.45) is 4.24. The molecule has 1 aliphatic rings. The van der Waals surface area contributed by atoms with Crippen molar-refractivity contribution in [2.24, 2.45) is 0 Å². The Morgan fingerprint density at radius 3 is 2.36 bits per heavy atom. The van der Waals surface area contributed by atoms with E-state index in [-0.39, 0.29) is 11.8 Å². The fraction of sp³-hybridized carbons (Fsp3) is 0.222. The average molecular weight is 335 g/mol. The highest BCUT2D eigenvalue weighted by atomic mass is 16.2. The molecule has 2 aromatic heterocycles. The van der Waals surface area contributed by atoms with E-state index in [2.05, 4.69) is 20.7 Å². The number of hydrogen-bond acceptors (Lipinski definition) is 4. The molecule has 0 radical (unpaired) electrons. The molecule has 0 atom stereocenters. The number of nitrogens with one attached hydrogen (secondary N) is 2. The SMILES string of the molecule is CC(=O)Nc1ccc(NC(=O)c2ccc3nc(C4CC4)cn3n2)cc1. The molecule has 2 heterocycles. The third-order valence-corrected chi connectivity index (χ3v) is 4.03. The van der Waals surface area contributed by atoms with Gasteiger partial charge < -0.3 is 10.6 Å². The lowest BCUT2D eigenvalue weighted by molar-refractivity contribution is -0.114. The Bertz CT molecular complexity index is 957. The highest BCUT2D eigenvalue weighted by Crippen LogP contribution is 2.39. The van der Waals surface area contributed by atoms with Crippen molar-refractivity contribution in [1.82, 2.24) is 14.6 Å². The van der Waals surface area contributed by atoms with Crippen LogP contribution in [0.15, 0.2) is 42.6 Å². The fourth-order valence-electron chi connectivity index (χ4n) is 2.63. The molecule has 1 saturated carbocycles. The van der Waals surface area contributed by atoms with E-state index >= 15 is 0 Å². The molecule has 0 bridgehead atoms. The van der Waals surface area contributed by atoms with Crippen LogP contribution in [0.2, 0.25) is 0 Å². The molecule has 1 aliphatic carbocycles. The van der Waals surface area contributed by atoms with Gasteiger partial charge in [0.25, 0.3) is 5.91 Å². The Morgan fingerprint density at radius 2 is 1.72 bits per heavy atom. The maximum atomic E-state index is 12.4. The minimum Gasteiger partial charge on any atom is -0.326 e. The van der Waals surface area contributed by atoms with Crippen molar-refractivity contribution in [3.8, 4) is 0 Å². The van der Waals surface area contributed by atoms with Crippen LogP contribution in [-0.2, 0) is 4.79 Å². The molecule has 3 aromatic rings. The van der Waals surface area contributed by atoms with Crippen molar-refractivity contribution in [3.05, 3.63) is 54.0 Å². The number of carbonyl (C=O) groups is 2. The zero-order valence-electron chi connectivity index (χ0n) is 13.7. The topological polar surface area (TPSA) is 88.4 Å². The quantitative estimate of drug-likeness (QED) is 0.767. The normalized spacial score (nSPS) is 13.6. The van der Waals surface area contributed by atoms with E-state index < -0.39 is 0 Å². The lowest BCUT2D eigenvalue weighted by Gasteiger charge is -2.06. The predicted molar refractivity (Wildman–Crippen MR) is 93.7 cm³/mol. The second-order valence-corrected chi connectivity index (χ2v) is 6.17. The number of carbonyl (C=O) groups excluding carboxylic acids is 2. The van der Waals surface area contributed by atoms with Gasteiger partial charge in [0.15, 0.2) is 5.65 Å². The Morgan fingerprint density at radius 1 is 1.04 bits per heavy atom. The molecule has 1 aromatic carbocycles. The van der Waals surface area contributed by atoms with E-state index in [1.807, 2.05) is 6.20 Å². The maximum Gasteiger partial charge on any atom is 0.276 e. The minimum absolute atomic E-state index is 0.139. The molecule has 0 unspecified atom stereocenters. The first kappa shape index (κ1) is 15.3. The molecule has 126 valence electrons. The summed E-state index contributed by atoms with van der Waals surface area (Å²) in [5.74, 6) is 0.108. The van der Waals surface area contributed by atoms with Gasteiger partial charge in [0.2, 0.25) is 5.91 Å².